The van der Waals surface area contributed by atoms with Crippen LogP contribution in [0, 0.1) is 5.92 Å². The Morgan fingerprint density at radius 1 is 1.35 bits per heavy atom. The van der Waals surface area contributed by atoms with E-state index >= 15 is 0 Å². The van der Waals surface area contributed by atoms with Crippen molar-refractivity contribution in [3.05, 3.63) is 18.1 Å². The van der Waals surface area contributed by atoms with Gasteiger partial charge >= 0.3 is 0 Å². The smallest absolute Gasteiger partial charge is 0.192 e. The molecule has 0 aliphatic heterocycles. The number of rotatable bonds is 4. The standard InChI is InChI=1S/C11H19N5O/c1-7(2)8(3)16(4)11-9(10(12)15-17)13-5-6-14-11/h5-8,17H,1-4H3,(H2,12,15). The fraction of sp³-hybridized carbons (Fsp3) is 0.545. The molecule has 1 rings (SSSR count). The van der Waals surface area contributed by atoms with Gasteiger partial charge in [0.05, 0.1) is 0 Å². The van der Waals surface area contributed by atoms with Gasteiger partial charge in [-0.05, 0) is 12.8 Å². The summed E-state index contributed by atoms with van der Waals surface area (Å²) in [5, 5.41) is 11.7. The maximum Gasteiger partial charge on any atom is 0.192 e. The second kappa shape index (κ2) is 5.47. The lowest BCUT2D eigenvalue weighted by Gasteiger charge is -2.29. The zero-order valence-electron chi connectivity index (χ0n) is 10.6. The molecule has 1 heterocycles. The Hall–Kier alpha value is -1.85. The minimum atomic E-state index is -0.0316. The molecule has 0 aliphatic rings. The zero-order valence-corrected chi connectivity index (χ0v) is 10.6. The Labute approximate surface area is 101 Å². The van der Waals surface area contributed by atoms with Gasteiger partial charge in [-0.15, -0.1) is 0 Å². The van der Waals surface area contributed by atoms with E-state index in [0.717, 1.165) is 0 Å². The number of nitrogens with two attached hydrogens (primary N) is 1. The molecule has 0 amide bonds. The molecule has 94 valence electrons. The van der Waals surface area contributed by atoms with Crippen molar-refractivity contribution >= 4 is 11.7 Å². The molecule has 6 heteroatoms. The molecule has 0 aromatic carbocycles. The highest BCUT2D eigenvalue weighted by molar-refractivity contribution is 5.99. The van der Waals surface area contributed by atoms with E-state index in [-0.39, 0.29) is 11.9 Å². The number of aromatic nitrogens is 2. The molecule has 1 atom stereocenters. The first-order valence-electron chi connectivity index (χ1n) is 5.50. The van der Waals surface area contributed by atoms with Gasteiger partial charge in [0.1, 0.15) is 0 Å². The van der Waals surface area contributed by atoms with Gasteiger partial charge in [0, 0.05) is 25.5 Å². The summed E-state index contributed by atoms with van der Waals surface area (Å²) in [6, 6.07) is 0.275. The van der Waals surface area contributed by atoms with Gasteiger partial charge in [-0.25, -0.2) is 9.97 Å². The quantitative estimate of drug-likeness (QED) is 0.354. The third-order valence-electron chi connectivity index (χ3n) is 2.94. The number of amidine groups is 1. The van der Waals surface area contributed by atoms with Gasteiger partial charge in [0.2, 0.25) is 0 Å². The van der Waals surface area contributed by atoms with Gasteiger partial charge < -0.3 is 15.8 Å². The Morgan fingerprint density at radius 3 is 2.47 bits per heavy atom. The van der Waals surface area contributed by atoms with Crippen LogP contribution in [0.1, 0.15) is 26.5 Å². The van der Waals surface area contributed by atoms with E-state index in [0.29, 0.717) is 17.4 Å². The zero-order chi connectivity index (χ0) is 13.0. The third-order valence-corrected chi connectivity index (χ3v) is 2.94. The molecule has 0 saturated carbocycles. The van der Waals surface area contributed by atoms with E-state index in [1.54, 1.807) is 6.20 Å². The first-order chi connectivity index (χ1) is 7.99. The highest BCUT2D eigenvalue weighted by Gasteiger charge is 2.20. The van der Waals surface area contributed by atoms with Crippen molar-refractivity contribution in [3.8, 4) is 0 Å². The van der Waals surface area contributed by atoms with Crippen LogP contribution in [0.2, 0.25) is 0 Å². The molecule has 0 fully saturated rings. The first kappa shape index (κ1) is 13.2. The maximum absolute atomic E-state index is 8.72. The van der Waals surface area contributed by atoms with Crippen LogP contribution in [0.4, 0.5) is 5.82 Å². The molecular weight excluding hydrogens is 218 g/mol. The van der Waals surface area contributed by atoms with Crippen LogP contribution in [0.15, 0.2) is 17.5 Å². The highest BCUT2D eigenvalue weighted by atomic mass is 16.4. The largest absolute Gasteiger partial charge is 0.409 e. The lowest BCUT2D eigenvalue weighted by molar-refractivity contribution is 0.318. The van der Waals surface area contributed by atoms with Gasteiger partial charge in [-0.1, -0.05) is 19.0 Å². The summed E-state index contributed by atoms with van der Waals surface area (Å²) in [7, 11) is 1.92. The molecule has 6 nitrogen and oxygen atoms in total. The summed E-state index contributed by atoms with van der Waals surface area (Å²) in [4.78, 5) is 10.3. The molecule has 0 aliphatic carbocycles. The van der Waals surface area contributed by atoms with Gasteiger partial charge in [-0.3, -0.25) is 0 Å². The summed E-state index contributed by atoms with van der Waals surface area (Å²) in [5.41, 5.74) is 5.97. The van der Waals surface area contributed by atoms with Crippen molar-refractivity contribution in [1.82, 2.24) is 9.97 Å². The number of nitrogens with zero attached hydrogens (tertiary/aromatic N) is 4. The number of hydrogen-bond donors (Lipinski definition) is 2. The minimum absolute atomic E-state index is 0.0316. The normalized spacial score (nSPS) is 13.8. The van der Waals surface area contributed by atoms with Crippen molar-refractivity contribution in [1.29, 1.82) is 0 Å². The highest BCUT2D eigenvalue weighted by Crippen LogP contribution is 2.19. The Balaban J connectivity index is 3.13. The van der Waals surface area contributed by atoms with E-state index in [1.165, 1.54) is 6.20 Å². The van der Waals surface area contributed by atoms with Crippen LogP contribution in [0.3, 0.4) is 0 Å². The average molecular weight is 237 g/mol. The molecule has 3 N–H and O–H groups in total. The molecule has 0 saturated heterocycles. The summed E-state index contributed by atoms with van der Waals surface area (Å²) in [6.45, 7) is 6.34. The second-order valence-corrected chi connectivity index (χ2v) is 4.31. The fourth-order valence-corrected chi connectivity index (χ4v) is 1.46. The van der Waals surface area contributed by atoms with Crippen LogP contribution >= 0.6 is 0 Å². The van der Waals surface area contributed by atoms with Crippen LogP contribution in [-0.4, -0.2) is 34.1 Å². The number of hydrogen-bond acceptors (Lipinski definition) is 5. The van der Waals surface area contributed by atoms with Crippen molar-refractivity contribution < 1.29 is 5.21 Å². The summed E-state index contributed by atoms with van der Waals surface area (Å²) in [6.07, 6.45) is 3.11. The summed E-state index contributed by atoms with van der Waals surface area (Å²) < 4.78 is 0. The lowest BCUT2D eigenvalue weighted by Crippen LogP contribution is -2.35. The van der Waals surface area contributed by atoms with Crippen LogP contribution in [-0.2, 0) is 0 Å². The Kier molecular flexibility index (Phi) is 4.25. The van der Waals surface area contributed by atoms with Crippen molar-refractivity contribution in [2.75, 3.05) is 11.9 Å². The van der Waals surface area contributed by atoms with E-state index < -0.39 is 0 Å². The fourth-order valence-electron chi connectivity index (χ4n) is 1.46. The van der Waals surface area contributed by atoms with E-state index in [4.69, 9.17) is 10.9 Å². The van der Waals surface area contributed by atoms with Gasteiger partial charge in [0.15, 0.2) is 17.3 Å². The molecule has 0 spiro atoms. The van der Waals surface area contributed by atoms with Crippen LogP contribution < -0.4 is 10.6 Å². The topological polar surface area (TPSA) is 87.6 Å². The SMILES string of the molecule is CC(C)C(C)N(C)c1nccnc1C(N)=NO. The second-order valence-electron chi connectivity index (χ2n) is 4.31. The van der Waals surface area contributed by atoms with Gasteiger partial charge in [-0.2, -0.15) is 0 Å². The number of oxime groups is 1. The molecule has 1 aromatic rings. The average Bonchev–Trinajstić information content (AvgIpc) is 2.35. The molecule has 17 heavy (non-hydrogen) atoms. The molecular formula is C11H19N5O. The maximum atomic E-state index is 8.72. The van der Waals surface area contributed by atoms with Crippen molar-refractivity contribution in [2.24, 2.45) is 16.8 Å². The molecule has 1 aromatic heterocycles. The lowest BCUT2D eigenvalue weighted by atomic mass is 10.1. The van der Waals surface area contributed by atoms with E-state index in [1.807, 2.05) is 11.9 Å². The van der Waals surface area contributed by atoms with Crippen LogP contribution in [0.5, 0.6) is 0 Å². The van der Waals surface area contributed by atoms with E-state index in [9.17, 15) is 0 Å². The molecule has 1 unspecified atom stereocenters. The van der Waals surface area contributed by atoms with Gasteiger partial charge in [0.25, 0.3) is 0 Å². The number of anilines is 1. The third kappa shape index (κ3) is 2.83. The predicted octanol–water partition coefficient (Wildman–Crippen LogP) is 1.05. The van der Waals surface area contributed by atoms with Crippen molar-refractivity contribution in [3.63, 3.8) is 0 Å². The Morgan fingerprint density at radius 2 is 1.94 bits per heavy atom. The molecule has 0 radical (unpaired) electrons. The summed E-state index contributed by atoms with van der Waals surface area (Å²) in [5.74, 6) is 1.04. The van der Waals surface area contributed by atoms with Crippen molar-refractivity contribution in [2.45, 2.75) is 26.8 Å². The van der Waals surface area contributed by atoms with E-state index in [2.05, 4.69) is 35.9 Å². The monoisotopic (exact) mass is 237 g/mol. The first-order valence-corrected chi connectivity index (χ1v) is 5.50. The van der Waals surface area contributed by atoms with Crippen LogP contribution in [0.25, 0.3) is 0 Å². The minimum Gasteiger partial charge on any atom is -0.409 e. The summed E-state index contributed by atoms with van der Waals surface area (Å²) >= 11 is 0. The molecule has 0 bridgehead atoms. The predicted molar refractivity (Wildman–Crippen MR) is 67.2 cm³/mol. The Bertz CT molecular complexity index is 405.